The second-order valence-corrected chi connectivity index (χ2v) is 6.49. The predicted octanol–water partition coefficient (Wildman–Crippen LogP) is 3.32. The van der Waals surface area contributed by atoms with Crippen LogP contribution < -0.4 is 10.2 Å². The van der Waals surface area contributed by atoms with Gasteiger partial charge in [0.1, 0.15) is 0 Å². The summed E-state index contributed by atoms with van der Waals surface area (Å²) in [4.78, 5) is 11.8. The van der Waals surface area contributed by atoms with Crippen LogP contribution in [0.3, 0.4) is 0 Å². The maximum atomic E-state index is 11.7. The summed E-state index contributed by atoms with van der Waals surface area (Å²) in [6.07, 6.45) is 2.13. The van der Waals surface area contributed by atoms with E-state index in [0.717, 1.165) is 36.1 Å². The van der Waals surface area contributed by atoms with E-state index in [2.05, 4.69) is 47.8 Å². The largest absolute Gasteiger partial charge is 0.313 e. The van der Waals surface area contributed by atoms with Gasteiger partial charge in [-0.25, -0.2) is 0 Å². The Morgan fingerprint density at radius 1 is 1.09 bits per heavy atom. The zero-order valence-corrected chi connectivity index (χ0v) is 13.5. The smallest absolute Gasteiger partial charge is 0.307 e. The van der Waals surface area contributed by atoms with Gasteiger partial charge in [-0.05, 0) is 42.6 Å². The molecule has 22 heavy (non-hydrogen) atoms. The fourth-order valence-electron chi connectivity index (χ4n) is 2.58. The van der Waals surface area contributed by atoms with Crippen molar-refractivity contribution in [3.05, 3.63) is 69.3 Å². The van der Waals surface area contributed by atoms with Crippen LogP contribution in [0, 0.1) is 0 Å². The van der Waals surface area contributed by atoms with Crippen molar-refractivity contribution < 1.29 is 0 Å². The van der Waals surface area contributed by atoms with Crippen LogP contribution in [0.4, 0.5) is 0 Å². The average molecular weight is 312 g/mol. The molecule has 0 saturated carbocycles. The third-order valence-corrected chi connectivity index (χ3v) is 4.84. The molecule has 4 heteroatoms. The zero-order valence-electron chi connectivity index (χ0n) is 12.7. The molecule has 0 unspecified atom stereocenters. The van der Waals surface area contributed by atoms with Crippen LogP contribution in [0.15, 0.2) is 53.3 Å². The molecule has 1 heterocycles. The summed E-state index contributed by atoms with van der Waals surface area (Å²) >= 11 is 1.33. The third kappa shape index (κ3) is 3.46. The minimum Gasteiger partial charge on any atom is -0.313 e. The molecule has 0 saturated heterocycles. The van der Waals surface area contributed by atoms with E-state index >= 15 is 0 Å². The highest BCUT2D eigenvalue weighted by Gasteiger charge is 2.04. The lowest BCUT2D eigenvalue weighted by molar-refractivity contribution is 0.649. The van der Waals surface area contributed by atoms with E-state index in [0.29, 0.717) is 0 Å². The van der Waals surface area contributed by atoms with Crippen molar-refractivity contribution in [3.8, 4) is 0 Å². The molecule has 3 nitrogen and oxygen atoms in total. The lowest BCUT2D eigenvalue weighted by Crippen LogP contribution is -2.15. The molecule has 0 aliphatic carbocycles. The van der Waals surface area contributed by atoms with Gasteiger partial charge in [-0.2, -0.15) is 0 Å². The fourth-order valence-corrected chi connectivity index (χ4v) is 3.52. The van der Waals surface area contributed by atoms with Gasteiger partial charge in [-0.15, -0.1) is 0 Å². The molecule has 0 aliphatic rings. The van der Waals surface area contributed by atoms with Crippen LogP contribution in [0.5, 0.6) is 0 Å². The van der Waals surface area contributed by atoms with Gasteiger partial charge >= 0.3 is 4.87 Å². The first kappa shape index (κ1) is 15.0. The van der Waals surface area contributed by atoms with Crippen molar-refractivity contribution in [1.29, 1.82) is 0 Å². The molecule has 3 aromatic rings. The molecule has 1 aromatic heterocycles. The quantitative estimate of drug-likeness (QED) is 0.709. The first-order valence-corrected chi connectivity index (χ1v) is 8.39. The van der Waals surface area contributed by atoms with Gasteiger partial charge in [-0.1, -0.05) is 47.7 Å². The van der Waals surface area contributed by atoms with E-state index in [9.17, 15) is 4.79 Å². The van der Waals surface area contributed by atoms with Crippen LogP contribution in [0.2, 0.25) is 0 Å². The summed E-state index contributed by atoms with van der Waals surface area (Å²) in [5.41, 5.74) is 3.65. The fraction of sp³-hybridized carbons (Fsp3) is 0.278. The number of hydrogen-bond acceptors (Lipinski definition) is 3. The summed E-state index contributed by atoms with van der Waals surface area (Å²) in [6.45, 7) is 1.91. The summed E-state index contributed by atoms with van der Waals surface area (Å²) in [7, 11) is 1.83. The molecule has 1 N–H and O–H groups in total. The van der Waals surface area contributed by atoms with Gasteiger partial charge in [0.05, 0.1) is 10.2 Å². The number of nitrogens with one attached hydrogen (secondary N) is 1. The van der Waals surface area contributed by atoms with E-state index < -0.39 is 0 Å². The van der Waals surface area contributed by atoms with Crippen LogP contribution in [-0.4, -0.2) is 11.1 Å². The van der Waals surface area contributed by atoms with Gasteiger partial charge in [0.25, 0.3) is 0 Å². The molecular weight excluding hydrogens is 292 g/mol. The van der Waals surface area contributed by atoms with Crippen molar-refractivity contribution in [3.63, 3.8) is 0 Å². The second-order valence-electron chi connectivity index (χ2n) is 5.49. The molecule has 0 spiro atoms. The molecule has 0 amide bonds. The standard InChI is InChI=1S/C18H20N2OS/c1-20-16-10-9-14(12-17(16)22-18(20)21)8-5-11-19-13-15-6-3-2-4-7-15/h2-4,6-7,9-10,12,19H,5,8,11,13H2,1H3. The van der Waals surface area contributed by atoms with E-state index in [1.54, 1.807) is 4.57 Å². The van der Waals surface area contributed by atoms with Gasteiger partial charge in [0.15, 0.2) is 0 Å². The number of aryl methyl sites for hydroxylation is 2. The Labute approximate surface area is 134 Å². The van der Waals surface area contributed by atoms with Crippen LogP contribution >= 0.6 is 11.3 Å². The van der Waals surface area contributed by atoms with Crippen LogP contribution in [0.1, 0.15) is 17.5 Å². The monoisotopic (exact) mass is 312 g/mol. The van der Waals surface area contributed by atoms with Crippen LogP contribution in [-0.2, 0) is 20.0 Å². The molecular formula is C18H20N2OS. The molecule has 0 fully saturated rings. The highest BCUT2D eigenvalue weighted by Crippen LogP contribution is 2.18. The van der Waals surface area contributed by atoms with Gasteiger partial charge in [0.2, 0.25) is 0 Å². The van der Waals surface area contributed by atoms with E-state index in [1.807, 2.05) is 13.1 Å². The Morgan fingerprint density at radius 2 is 1.91 bits per heavy atom. The molecule has 0 radical (unpaired) electrons. The van der Waals surface area contributed by atoms with Crippen LogP contribution in [0.25, 0.3) is 10.2 Å². The molecule has 0 aliphatic heterocycles. The van der Waals surface area contributed by atoms with E-state index in [-0.39, 0.29) is 4.87 Å². The summed E-state index contributed by atoms with van der Waals surface area (Å²) in [5.74, 6) is 0. The number of thiazole rings is 1. The van der Waals surface area contributed by atoms with Gasteiger partial charge in [-0.3, -0.25) is 4.79 Å². The third-order valence-electron chi connectivity index (χ3n) is 3.85. The Balaban J connectivity index is 1.50. The lowest BCUT2D eigenvalue weighted by atomic mass is 10.1. The number of benzene rings is 2. The van der Waals surface area contributed by atoms with Crippen molar-refractivity contribution in [2.45, 2.75) is 19.4 Å². The highest BCUT2D eigenvalue weighted by atomic mass is 32.1. The number of hydrogen-bond donors (Lipinski definition) is 1. The second kappa shape index (κ2) is 6.90. The van der Waals surface area contributed by atoms with Crippen molar-refractivity contribution in [2.24, 2.45) is 7.05 Å². The maximum Gasteiger partial charge on any atom is 0.307 e. The number of aromatic nitrogens is 1. The summed E-state index contributed by atoms with van der Waals surface area (Å²) in [5, 5.41) is 3.47. The molecule has 0 atom stereocenters. The normalized spacial score (nSPS) is 11.1. The van der Waals surface area contributed by atoms with E-state index in [1.165, 1.54) is 22.5 Å². The molecule has 0 bridgehead atoms. The summed E-state index contributed by atoms with van der Waals surface area (Å²) < 4.78 is 2.80. The SMILES string of the molecule is Cn1c(=O)sc2cc(CCCNCc3ccccc3)ccc21. The Morgan fingerprint density at radius 3 is 2.73 bits per heavy atom. The summed E-state index contributed by atoms with van der Waals surface area (Å²) in [6, 6.07) is 16.8. The van der Waals surface area contributed by atoms with E-state index in [4.69, 9.17) is 0 Å². The average Bonchev–Trinajstić information content (AvgIpc) is 2.82. The Kier molecular flexibility index (Phi) is 4.71. The topological polar surface area (TPSA) is 34.0 Å². The minimum absolute atomic E-state index is 0.108. The van der Waals surface area contributed by atoms with Gasteiger partial charge in [0, 0.05) is 13.6 Å². The minimum atomic E-state index is 0.108. The highest BCUT2D eigenvalue weighted by molar-refractivity contribution is 7.16. The molecule has 2 aromatic carbocycles. The first-order chi connectivity index (χ1) is 10.7. The van der Waals surface area contributed by atoms with Crippen molar-refractivity contribution in [1.82, 2.24) is 9.88 Å². The Hall–Kier alpha value is -1.91. The molecule has 3 rings (SSSR count). The van der Waals surface area contributed by atoms with Crippen molar-refractivity contribution >= 4 is 21.6 Å². The van der Waals surface area contributed by atoms with Gasteiger partial charge < -0.3 is 9.88 Å². The first-order valence-electron chi connectivity index (χ1n) is 7.57. The lowest BCUT2D eigenvalue weighted by Gasteiger charge is -2.05. The predicted molar refractivity (Wildman–Crippen MR) is 93.5 cm³/mol. The Bertz CT molecular complexity index is 805. The van der Waals surface area contributed by atoms with Crippen molar-refractivity contribution in [2.75, 3.05) is 6.54 Å². The number of fused-ring (bicyclic) bond motifs is 1. The number of rotatable bonds is 6. The number of nitrogens with zero attached hydrogens (tertiary/aromatic N) is 1. The zero-order chi connectivity index (χ0) is 15.4. The molecule has 114 valence electrons. The maximum absolute atomic E-state index is 11.7.